The SMILES string of the molecule is Cc1[nH]c(=O)ccc1C(O)C(O)CCl. The molecule has 4 nitrogen and oxygen atoms in total. The van der Waals surface area contributed by atoms with Crippen molar-refractivity contribution in [3.63, 3.8) is 0 Å². The monoisotopic (exact) mass is 217 g/mol. The molecule has 0 bridgehead atoms. The highest BCUT2D eigenvalue weighted by Crippen LogP contribution is 2.18. The lowest BCUT2D eigenvalue weighted by Gasteiger charge is -2.17. The largest absolute Gasteiger partial charge is 0.389 e. The standard InChI is InChI=1S/C9H12ClNO3/c1-5-6(2-3-8(13)11-5)9(14)7(12)4-10/h2-3,7,9,12,14H,4H2,1H3,(H,11,13). The van der Waals surface area contributed by atoms with Gasteiger partial charge in [0.25, 0.3) is 0 Å². The van der Waals surface area contributed by atoms with Crippen molar-refractivity contribution >= 4 is 11.6 Å². The first-order valence-corrected chi connectivity index (χ1v) is 4.71. The average molecular weight is 218 g/mol. The third kappa shape index (κ3) is 2.35. The molecule has 2 unspecified atom stereocenters. The number of pyridine rings is 1. The Morgan fingerprint density at radius 2 is 2.14 bits per heavy atom. The van der Waals surface area contributed by atoms with Crippen LogP contribution in [0.2, 0.25) is 0 Å². The molecule has 0 radical (unpaired) electrons. The second-order valence-electron chi connectivity index (χ2n) is 3.07. The van der Waals surface area contributed by atoms with Gasteiger partial charge < -0.3 is 15.2 Å². The Hall–Kier alpha value is -0.840. The number of aromatic amines is 1. The van der Waals surface area contributed by atoms with Crippen molar-refractivity contribution in [3.05, 3.63) is 33.7 Å². The van der Waals surface area contributed by atoms with E-state index in [0.717, 1.165) is 0 Å². The highest BCUT2D eigenvalue weighted by Gasteiger charge is 2.19. The van der Waals surface area contributed by atoms with E-state index < -0.39 is 12.2 Å². The molecule has 3 N–H and O–H groups in total. The van der Waals surface area contributed by atoms with Gasteiger partial charge in [0.15, 0.2) is 0 Å². The second-order valence-corrected chi connectivity index (χ2v) is 3.38. The van der Waals surface area contributed by atoms with E-state index in [9.17, 15) is 15.0 Å². The van der Waals surface area contributed by atoms with Gasteiger partial charge in [0.05, 0.1) is 12.0 Å². The minimum absolute atomic E-state index is 0.0558. The molecule has 0 saturated carbocycles. The Morgan fingerprint density at radius 1 is 1.50 bits per heavy atom. The van der Waals surface area contributed by atoms with Crippen LogP contribution in [-0.4, -0.2) is 27.2 Å². The van der Waals surface area contributed by atoms with Crippen LogP contribution in [-0.2, 0) is 0 Å². The lowest BCUT2D eigenvalue weighted by molar-refractivity contribution is 0.0320. The number of aryl methyl sites for hydroxylation is 1. The fourth-order valence-electron chi connectivity index (χ4n) is 1.20. The van der Waals surface area contributed by atoms with E-state index in [4.69, 9.17) is 11.6 Å². The second kappa shape index (κ2) is 4.59. The zero-order valence-corrected chi connectivity index (χ0v) is 8.45. The smallest absolute Gasteiger partial charge is 0.248 e. The van der Waals surface area contributed by atoms with Crippen LogP contribution in [0.1, 0.15) is 17.4 Å². The molecule has 78 valence electrons. The summed E-state index contributed by atoms with van der Waals surface area (Å²) in [6, 6.07) is 2.78. The number of hydrogen-bond acceptors (Lipinski definition) is 3. The summed E-state index contributed by atoms with van der Waals surface area (Å²) < 4.78 is 0. The number of aromatic nitrogens is 1. The van der Waals surface area contributed by atoms with E-state index >= 15 is 0 Å². The molecular weight excluding hydrogens is 206 g/mol. The van der Waals surface area contributed by atoms with Gasteiger partial charge >= 0.3 is 0 Å². The zero-order valence-electron chi connectivity index (χ0n) is 7.70. The predicted octanol–water partition coefficient (Wildman–Crippen LogP) is 0.316. The molecule has 2 atom stereocenters. The highest BCUT2D eigenvalue weighted by molar-refractivity contribution is 6.18. The molecule has 0 aliphatic carbocycles. The molecular formula is C9H12ClNO3. The van der Waals surface area contributed by atoms with Crippen molar-refractivity contribution in [2.45, 2.75) is 19.1 Å². The molecule has 5 heteroatoms. The molecule has 1 rings (SSSR count). The number of halogens is 1. The van der Waals surface area contributed by atoms with Gasteiger partial charge in [-0.3, -0.25) is 4.79 Å². The van der Waals surface area contributed by atoms with E-state index in [1.54, 1.807) is 6.92 Å². The quantitative estimate of drug-likeness (QED) is 0.639. The zero-order chi connectivity index (χ0) is 10.7. The Labute approximate surface area is 86.2 Å². The van der Waals surface area contributed by atoms with Gasteiger partial charge in [0.1, 0.15) is 6.10 Å². The maximum Gasteiger partial charge on any atom is 0.248 e. The molecule has 0 aliphatic heterocycles. The van der Waals surface area contributed by atoms with E-state index in [0.29, 0.717) is 11.3 Å². The van der Waals surface area contributed by atoms with Gasteiger partial charge in [0.2, 0.25) is 5.56 Å². The van der Waals surface area contributed by atoms with Crippen molar-refractivity contribution in [2.24, 2.45) is 0 Å². The van der Waals surface area contributed by atoms with Gasteiger partial charge in [-0.15, -0.1) is 11.6 Å². The van der Waals surface area contributed by atoms with Crippen LogP contribution in [0.15, 0.2) is 16.9 Å². The molecule has 0 saturated heterocycles. The first-order valence-electron chi connectivity index (χ1n) is 4.18. The summed E-state index contributed by atoms with van der Waals surface area (Å²) in [5.74, 6) is -0.0558. The molecule has 0 fully saturated rings. The summed E-state index contributed by atoms with van der Waals surface area (Å²) in [7, 11) is 0. The molecule has 0 spiro atoms. The van der Waals surface area contributed by atoms with E-state index in [2.05, 4.69) is 4.98 Å². The van der Waals surface area contributed by atoms with Crippen LogP contribution in [0.25, 0.3) is 0 Å². The third-order valence-electron chi connectivity index (χ3n) is 2.00. The summed E-state index contributed by atoms with van der Waals surface area (Å²) in [5, 5.41) is 18.9. The van der Waals surface area contributed by atoms with E-state index in [1.165, 1.54) is 12.1 Å². The molecule has 1 heterocycles. The summed E-state index contributed by atoms with van der Waals surface area (Å²) >= 11 is 5.40. The molecule has 1 aromatic heterocycles. The molecule has 0 amide bonds. The van der Waals surface area contributed by atoms with Crippen LogP contribution in [0.3, 0.4) is 0 Å². The summed E-state index contributed by atoms with van der Waals surface area (Å²) in [4.78, 5) is 13.4. The number of aliphatic hydroxyl groups is 2. The Balaban J connectivity index is 3.01. The van der Waals surface area contributed by atoms with Crippen molar-refractivity contribution in [2.75, 3.05) is 5.88 Å². The van der Waals surface area contributed by atoms with Crippen molar-refractivity contribution < 1.29 is 10.2 Å². The normalized spacial score (nSPS) is 15.1. The number of nitrogens with one attached hydrogen (secondary N) is 1. The lowest BCUT2D eigenvalue weighted by Crippen LogP contribution is -2.22. The van der Waals surface area contributed by atoms with Crippen LogP contribution in [0, 0.1) is 6.92 Å². The number of rotatable bonds is 3. The van der Waals surface area contributed by atoms with Gasteiger partial charge in [-0.2, -0.15) is 0 Å². The topological polar surface area (TPSA) is 73.3 Å². The Kier molecular flexibility index (Phi) is 3.69. The number of H-pyrrole nitrogens is 1. The Bertz CT molecular complexity index is 363. The predicted molar refractivity (Wildman–Crippen MR) is 53.5 cm³/mol. The number of aliphatic hydroxyl groups excluding tert-OH is 2. The lowest BCUT2D eigenvalue weighted by atomic mass is 10.0. The summed E-state index contributed by atoms with van der Waals surface area (Å²) in [6.07, 6.45) is -2.09. The van der Waals surface area contributed by atoms with Crippen molar-refractivity contribution in [1.82, 2.24) is 4.98 Å². The van der Waals surface area contributed by atoms with Gasteiger partial charge in [-0.25, -0.2) is 0 Å². The van der Waals surface area contributed by atoms with Gasteiger partial charge in [-0.05, 0) is 13.0 Å². The van der Waals surface area contributed by atoms with Crippen LogP contribution >= 0.6 is 11.6 Å². The highest BCUT2D eigenvalue weighted by atomic mass is 35.5. The summed E-state index contributed by atoms with van der Waals surface area (Å²) in [6.45, 7) is 1.65. The van der Waals surface area contributed by atoms with Gasteiger partial charge in [-0.1, -0.05) is 0 Å². The molecule has 0 aliphatic rings. The third-order valence-corrected chi connectivity index (χ3v) is 2.32. The average Bonchev–Trinajstić information content (AvgIpc) is 2.15. The van der Waals surface area contributed by atoms with Gasteiger partial charge in [0, 0.05) is 17.3 Å². The summed E-state index contributed by atoms with van der Waals surface area (Å²) in [5.41, 5.74) is 0.783. The fourth-order valence-corrected chi connectivity index (χ4v) is 1.37. The van der Waals surface area contributed by atoms with Crippen LogP contribution < -0.4 is 5.56 Å². The molecule has 14 heavy (non-hydrogen) atoms. The maximum absolute atomic E-state index is 10.9. The first kappa shape index (κ1) is 11.2. The van der Waals surface area contributed by atoms with E-state index in [1.807, 2.05) is 0 Å². The van der Waals surface area contributed by atoms with Crippen molar-refractivity contribution in [1.29, 1.82) is 0 Å². The fraction of sp³-hybridized carbons (Fsp3) is 0.444. The first-order chi connectivity index (χ1) is 6.56. The molecule has 1 aromatic rings. The Morgan fingerprint density at radius 3 is 2.64 bits per heavy atom. The van der Waals surface area contributed by atoms with Crippen LogP contribution in [0.4, 0.5) is 0 Å². The van der Waals surface area contributed by atoms with Crippen molar-refractivity contribution in [3.8, 4) is 0 Å². The molecule has 0 aromatic carbocycles. The minimum Gasteiger partial charge on any atom is -0.389 e. The minimum atomic E-state index is -1.07. The number of alkyl halides is 1. The van der Waals surface area contributed by atoms with E-state index in [-0.39, 0.29) is 11.4 Å². The number of hydrogen-bond donors (Lipinski definition) is 3. The maximum atomic E-state index is 10.9. The van der Waals surface area contributed by atoms with Crippen LogP contribution in [0.5, 0.6) is 0 Å².